The van der Waals surface area contributed by atoms with Crippen LogP contribution in [0.15, 0.2) is 103 Å². The van der Waals surface area contributed by atoms with E-state index in [2.05, 4.69) is 41.3 Å². The van der Waals surface area contributed by atoms with Gasteiger partial charge in [-0.25, -0.2) is 0 Å². The molecule has 0 radical (unpaired) electrons. The van der Waals surface area contributed by atoms with E-state index in [4.69, 9.17) is 18.9 Å². The van der Waals surface area contributed by atoms with Crippen LogP contribution in [0.1, 0.15) is 66.8 Å². The van der Waals surface area contributed by atoms with E-state index in [1.807, 2.05) is 66.7 Å². The van der Waals surface area contributed by atoms with Crippen molar-refractivity contribution in [3.05, 3.63) is 125 Å². The van der Waals surface area contributed by atoms with Crippen LogP contribution in [0.4, 0.5) is 0 Å². The van der Waals surface area contributed by atoms with Crippen LogP contribution in [0, 0.1) is 0 Å². The SMILES string of the molecule is COc1ccc([C@H]2C[C@@H](OC(=O)CCc3ccc(OCc4ccccc4)cc3)C[C@H]3CCCCN32)cc1OCc1ccccc1. The number of carbonyl (C=O) groups is 1. The van der Waals surface area contributed by atoms with Gasteiger partial charge in [-0.3, -0.25) is 9.69 Å². The highest BCUT2D eigenvalue weighted by Gasteiger charge is 2.39. The fraction of sp³-hybridized carbons (Fsp3) is 0.359. The van der Waals surface area contributed by atoms with Gasteiger partial charge in [0.1, 0.15) is 25.1 Å². The predicted octanol–water partition coefficient (Wildman–Crippen LogP) is 8.09. The van der Waals surface area contributed by atoms with Gasteiger partial charge in [-0.15, -0.1) is 0 Å². The Morgan fingerprint density at radius 1 is 0.756 bits per heavy atom. The normalized spacial score (nSPS) is 19.7. The maximum Gasteiger partial charge on any atom is 0.306 e. The standard InChI is InChI=1S/C39H43NO5/c1-42-37-21-18-32(24-38(37)44-28-31-12-6-3-7-13-31)36-26-35(25-33-14-8-9-23-40(33)36)45-39(41)22-17-29-15-19-34(20-16-29)43-27-30-10-4-2-5-11-30/h2-7,10-13,15-16,18-21,24,33,35-36H,8-9,14,17,22-23,25-28H2,1H3/t33-,35+,36-/m1/s1. The van der Waals surface area contributed by atoms with Gasteiger partial charge < -0.3 is 18.9 Å². The van der Waals surface area contributed by atoms with Gasteiger partial charge in [-0.2, -0.15) is 0 Å². The van der Waals surface area contributed by atoms with Crippen molar-refractivity contribution in [1.29, 1.82) is 0 Å². The van der Waals surface area contributed by atoms with Crippen LogP contribution in [0.3, 0.4) is 0 Å². The number of rotatable bonds is 12. The van der Waals surface area contributed by atoms with Crippen molar-refractivity contribution in [3.8, 4) is 17.2 Å². The lowest BCUT2D eigenvalue weighted by Crippen LogP contribution is -2.49. The summed E-state index contributed by atoms with van der Waals surface area (Å²) in [7, 11) is 1.68. The molecular formula is C39H43NO5. The smallest absolute Gasteiger partial charge is 0.306 e. The zero-order valence-electron chi connectivity index (χ0n) is 26.1. The number of piperidine rings is 2. The van der Waals surface area contributed by atoms with E-state index >= 15 is 0 Å². The molecule has 0 N–H and O–H groups in total. The molecule has 234 valence electrons. The maximum atomic E-state index is 13.1. The van der Waals surface area contributed by atoms with Gasteiger partial charge in [0.25, 0.3) is 0 Å². The van der Waals surface area contributed by atoms with Crippen molar-refractivity contribution in [2.45, 2.75) is 76.3 Å². The molecule has 4 aromatic carbocycles. The topological polar surface area (TPSA) is 57.2 Å². The zero-order chi connectivity index (χ0) is 30.8. The van der Waals surface area contributed by atoms with Gasteiger partial charge in [0.05, 0.1) is 7.11 Å². The molecule has 4 aromatic rings. The summed E-state index contributed by atoms with van der Waals surface area (Å²) in [6.45, 7) is 2.07. The molecule has 0 saturated carbocycles. The second-order valence-electron chi connectivity index (χ2n) is 12.1. The number of hydrogen-bond acceptors (Lipinski definition) is 6. The highest BCUT2D eigenvalue weighted by molar-refractivity contribution is 5.70. The number of esters is 1. The number of carbonyl (C=O) groups excluding carboxylic acids is 1. The molecule has 6 heteroatoms. The Kier molecular flexibility index (Phi) is 10.3. The molecular weight excluding hydrogens is 562 g/mol. The monoisotopic (exact) mass is 605 g/mol. The first-order valence-electron chi connectivity index (χ1n) is 16.2. The summed E-state index contributed by atoms with van der Waals surface area (Å²) in [5, 5.41) is 0. The Bertz CT molecular complexity index is 1510. The summed E-state index contributed by atoms with van der Waals surface area (Å²) in [4.78, 5) is 15.7. The average Bonchev–Trinajstić information content (AvgIpc) is 3.10. The quantitative estimate of drug-likeness (QED) is 0.152. The van der Waals surface area contributed by atoms with Crippen LogP contribution < -0.4 is 14.2 Å². The second-order valence-corrected chi connectivity index (χ2v) is 12.1. The first-order valence-corrected chi connectivity index (χ1v) is 16.2. The van der Waals surface area contributed by atoms with Crippen molar-refractivity contribution < 1.29 is 23.7 Å². The highest BCUT2D eigenvalue weighted by Crippen LogP contribution is 2.42. The van der Waals surface area contributed by atoms with Gasteiger partial charge in [0.2, 0.25) is 0 Å². The lowest BCUT2D eigenvalue weighted by molar-refractivity contribution is -0.154. The van der Waals surface area contributed by atoms with E-state index in [0.29, 0.717) is 32.1 Å². The Balaban J connectivity index is 1.06. The number of benzene rings is 4. The summed E-state index contributed by atoms with van der Waals surface area (Å²) in [6.07, 6.45) is 6.12. The minimum atomic E-state index is -0.131. The molecule has 0 spiro atoms. The third-order valence-corrected chi connectivity index (χ3v) is 8.99. The molecule has 45 heavy (non-hydrogen) atoms. The molecule has 0 unspecified atom stereocenters. The number of fused-ring (bicyclic) bond motifs is 1. The van der Waals surface area contributed by atoms with Crippen molar-refractivity contribution in [2.24, 2.45) is 0 Å². The Morgan fingerprint density at radius 2 is 1.47 bits per heavy atom. The van der Waals surface area contributed by atoms with Gasteiger partial charge in [0.15, 0.2) is 11.5 Å². The molecule has 0 aliphatic carbocycles. The fourth-order valence-corrected chi connectivity index (χ4v) is 6.63. The molecule has 2 aliphatic heterocycles. The second kappa shape index (κ2) is 15.1. The van der Waals surface area contributed by atoms with Gasteiger partial charge in [-0.05, 0) is 72.3 Å². The summed E-state index contributed by atoms with van der Waals surface area (Å²) in [5.41, 5.74) is 4.52. The minimum absolute atomic E-state index is 0.105. The highest BCUT2D eigenvalue weighted by atomic mass is 16.5. The van der Waals surface area contributed by atoms with Crippen molar-refractivity contribution in [2.75, 3.05) is 13.7 Å². The van der Waals surface area contributed by atoms with Crippen molar-refractivity contribution >= 4 is 5.97 Å². The van der Waals surface area contributed by atoms with Crippen LogP contribution in [0.25, 0.3) is 0 Å². The Morgan fingerprint density at radius 3 is 2.18 bits per heavy atom. The lowest BCUT2D eigenvalue weighted by atomic mass is 9.84. The molecule has 6 nitrogen and oxygen atoms in total. The molecule has 0 amide bonds. The summed E-state index contributed by atoms with van der Waals surface area (Å²) < 4.78 is 24.0. The van der Waals surface area contributed by atoms with Gasteiger partial charge >= 0.3 is 5.97 Å². The summed E-state index contributed by atoms with van der Waals surface area (Å²) >= 11 is 0. The van der Waals surface area contributed by atoms with Crippen LogP contribution in [0.2, 0.25) is 0 Å². The van der Waals surface area contributed by atoms with Crippen LogP contribution in [0.5, 0.6) is 17.2 Å². The average molecular weight is 606 g/mol. The fourth-order valence-electron chi connectivity index (χ4n) is 6.63. The molecule has 3 atom stereocenters. The van der Waals surface area contributed by atoms with E-state index in [1.54, 1.807) is 7.11 Å². The van der Waals surface area contributed by atoms with Gasteiger partial charge in [-0.1, -0.05) is 85.3 Å². The Hall–Kier alpha value is -4.29. The summed E-state index contributed by atoms with van der Waals surface area (Å²) in [5.74, 6) is 2.15. The van der Waals surface area contributed by atoms with Gasteiger partial charge in [0, 0.05) is 31.3 Å². The van der Waals surface area contributed by atoms with Crippen LogP contribution in [-0.2, 0) is 29.2 Å². The largest absolute Gasteiger partial charge is 0.493 e. The molecule has 2 saturated heterocycles. The third-order valence-electron chi connectivity index (χ3n) is 8.99. The zero-order valence-corrected chi connectivity index (χ0v) is 26.1. The van der Waals surface area contributed by atoms with Crippen molar-refractivity contribution in [1.82, 2.24) is 4.90 Å². The van der Waals surface area contributed by atoms with E-state index in [-0.39, 0.29) is 18.1 Å². The number of methoxy groups -OCH3 is 1. The van der Waals surface area contributed by atoms with E-state index in [1.165, 1.54) is 18.4 Å². The number of aryl methyl sites for hydroxylation is 1. The maximum absolute atomic E-state index is 13.1. The first kappa shape index (κ1) is 30.7. The van der Waals surface area contributed by atoms with Crippen LogP contribution in [-0.4, -0.2) is 36.7 Å². The number of hydrogen-bond donors (Lipinski definition) is 0. The van der Waals surface area contributed by atoms with E-state index in [0.717, 1.165) is 59.7 Å². The predicted molar refractivity (Wildman–Crippen MR) is 176 cm³/mol. The molecule has 6 rings (SSSR count). The van der Waals surface area contributed by atoms with E-state index in [9.17, 15) is 4.79 Å². The first-order chi connectivity index (χ1) is 22.1. The molecule has 2 aliphatic rings. The minimum Gasteiger partial charge on any atom is -0.493 e. The molecule has 0 bridgehead atoms. The van der Waals surface area contributed by atoms with Crippen LogP contribution >= 0.6 is 0 Å². The summed E-state index contributed by atoms with van der Waals surface area (Å²) in [6, 6.07) is 35.1. The molecule has 2 fully saturated rings. The molecule has 2 heterocycles. The van der Waals surface area contributed by atoms with Crippen molar-refractivity contribution in [3.63, 3.8) is 0 Å². The molecule has 0 aromatic heterocycles. The number of ether oxygens (including phenoxy) is 4. The lowest BCUT2D eigenvalue weighted by Gasteiger charge is -2.47. The third kappa shape index (κ3) is 8.25. The number of nitrogens with zero attached hydrogens (tertiary/aromatic N) is 1. The Labute approximate surface area is 266 Å². The van der Waals surface area contributed by atoms with E-state index < -0.39 is 0 Å².